The summed E-state index contributed by atoms with van der Waals surface area (Å²) in [5.74, 6) is -3.28. The van der Waals surface area contributed by atoms with Crippen LogP contribution in [0.1, 0.15) is 73.6 Å². The van der Waals surface area contributed by atoms with E-state index in [4.69, 9.17) is 38.5 Å². The Morgan fingerprint density at radius 2 is 1.65 bits per heavy atom. The van der Waals surface area contributed by atoms with Crippen LogP contribution in [0.15, 0.2) is 42.7 Å². The number of nitrogens with zero attached hydrogens (tertiary/aromatic N) is 4. The zero-order valence-corrected chi connectivity index (χ0v) is 33.7. The van der Waals surface area contributed by atoms with Crippen molar-refractivity contribution in [2.24, 2.45) is 11.8 Å². The number of aromatic nitrogens is 3. The maximum absolute atomic E-state index is 14.7. The zero-order valence-electron chi connectivity index (χ0n) is 32.8. The van der Waals surface area contributed by atoms with Crippen molar-refractivity contribution in [3.63, 3.8) is 0 Å². The summed E-state index contributed by atoms with van der Waals surface area (Å²) in [4.78, 5) is 43.4. The average Bonchev–Trinajstić information content (AvgIpc) is 3.69. The molecular weight excluding hydrogens is 735 g/mol. The van der Waals surface area contributed by atoms with Gasteiger partial charge < -0.3 is 33.9 Å². The van der Waals surface area contributed by atoms with Gasteiger partial charge in [-0.1, -0.05) is 60.6 Å². The summed E-state index contributed by atoms with van der Waals surface area (Å²) in [5.41, 5.74) is 5.09. The molecule has 1 aliphatic heterocycles. The Morgan fingerprint density at radius 3 is 2.24 bits per heavy atom. The average molecular weight is 787 g/mol. The summed E-state index contributed by atoms with van der Waals surface area (Å²) in [5, 5.41) is 17.8. The molecule has 0 saturated carbocycles. The summed E-state index contributed by atoms with van der Waals surface area (Å²) < 4.78 is 56.6. The normalized spacial score (nSPS) is 22.1. The third-order valence-corrected chi connectivity index (χ3v) is 10.4. The van der Waals surface area contributed by atoms with Gasteiger partial charge in [0.05, 0.1) is 30.2 Å². The van der Waals surface area contributed by atoms with E-state index in [1.165, 1.54) is 30.9 Å². The number of benzene rings is 1. The van der Waals surface area contributed by atoms with Crippen molar-refractivity contribution in [1.29, 1.82) is 5.26 Å². The van der Waals surface area contributed by atoms with Gasteiger partial charge in [0.15, 0.2) is 18.0 Å². The first kappa shape index (κ1) is 43.1. The molecule has 3 aromatic rings. The number of carbonyl (C=O) groups is 3. The summed E-state index contributed by atoms with van der Waals surface area (Å²) in [6.07, 6.45) is -3.72. The molecule has 17 nitrogen and oxygen atoms in total. The van der Waals surface area contributed by atoms with Gasteiger partial charge in [-0.25, -0.2) is 14.1 Å². The minimum absolute atomic E-state index is 0.0713. The minimum Gasteiger partial charge on any atom is -0.462 e. The van der Waals surface area contributed by atoms with E-state index in [0.29, 0.717) is 5.52 Å². The molecule has 2 aromatic heterocycles. The number of ether oxygens (including phenoxy) is 5. The molecule has 1 aromatic carbocycles. The number of nitrogens with two attached hydrogens (primary N) is 1. The smallest absolute Gasteiger partial charge is 0.459 e. The van der Waals surface area contributed by atoms with Crippen LogP contribution < -0.4 is 15.3 Å². The quantitative estimate of drug-likeness (QED) is 0.115. The molecule has 1 aliphatic rings. The number of carbonyl (C=O) groups excluding carboxylic acids is 3. The van der Waals surface area contributed by atoms with E-state index in [-0.39, 0.29) is 29.3 Å². The fourth-order valence-electron chi connectivity index (χ4n) is 5.43. The third-order valence-electron chi connectivity index (χ3n) is 8.79. The zero-order chi connectivity index (χ0) is 40.9. The number of fused-ring (bicyclic) bond motifs is 1. The maximum atomic E-state index is 14.7. The van der Waals surface area contributed by atoms with Crippen molar-refractivity contribution in [3.8, 4) is 11.8 Å². The van der Waals surface area contributed by atoms with Crippen molar-refractivity contribution in [2.75, 3.05) is 26.1 Å². The van der Waals surface area contributed by atoms with Crippen LogP contribution in [0.2, 0.25) is 0 Å². The van der Waals surface area contributed by atoms with Crippen LogP contribution in [0.3, 0.4) is 0 Å². The SMILES string of the molecule is COC(C)COC(=O)[C@H](C)NP(=O)(OC[C@H]1O[C@@](C#N)(c2ccc3c(N)ncnn23)[C@H](OC(=O)C(C)C)[C@@H]1OC(=O)C(C)C)Oc1ccc(C(C)(C)C)cc1. The van der Waals surface area contributed by atoms with E-state index >= 15 is 0 Å². The molecule has 3 heterocycles. The van der Waals surface area contributed by atoms with E-state index in [1.54, 1.807) is 65.0 Å². The number of anilines is 1. The number of nitriles is 1. The molecule has 0 bridgehead atoms. The van der Waals surface area contributed by atoms with Crippen molar-refractivity contribution >= 4 is 37.0 Å². The largest absolute Gasteiger partial charge is 0.462 e. The van der Waals surface area contributed by atoms with E-state index in [1.807, 2.05) is 20.8 Å². The lowest BCUT2D eigenvalue weighted by molar-refractivity contribution is -0.173. The van der Waals surface area contributed by atoms with Crippen molar-refractivity contribution in [1.82, 2.24) is 19.7 Å². The second-order valence-corrected chi connectivity index (χ2v) is 16.6. The molecule has 0 aliphatic carbocycles. The summed E-state index contributed by atoms with van der Waals surface area (Å²) in [6, 6.07) is 10.8. The van der Waals surface area contributed by atoms with Crippen molar-refractivity contribution in [3.05, 3.63) is 54.0 Å². The summed E-state index contributed by atoms with van der Waals surface area (Å²) in [7, 11) is -3.08. The highest BCUT2D eigenvalue weighted by Gasteiger charge is 2.63. The minimum atomic E-state index is -4.55. The van der Waals surface area contributed by atoms with E-state index in [2.05, 4.69) is 21.2 Å². The van der Waals surface area contributed by atoms with Crippen LogP contribution >= 0.6 is 7.75 Å². The van der Waals surface area contributed by atoms with Gasteiger partial charge in [-0.15, -0.1) is 0 Å². The molecule has 0 amide bonds. The van der Waals surface area contributed by atoms with Gasteiger partial charge >= 0.3 is 25.7 Å². The molecule has 18 heteroatoms. The van der Waals surface area contributed by atoms with Gasteiger partial charge in [0, 0.05) is 7.11 Å². The Hall–Kier alpha value is -4.59. The highest BCUT2D eigenvalue weighted by atomic mass is 31.2. The lowest BCUT2D eigenvalue weighted by Crippen LogP contribution is -2.47. The summed E-state index contributed by atoms with van der Waals surface area (Å²) in [6.45, 7) is 14.9. The number of hydrogen-bond acceptors (Lipinski definition) is 15. The highest BCUT2D eigenvalue weighted by molar-refractivity contribution is 7.52. The van der Waals surface area contributed by atoms with Gasteiger partial charge in [0.25, 0.3) is 0 Å². The molecular formula is C37H51N6O11P. The standard InChI is InChI=1S/C37H51N6O11P/c1-21(2)33(44)51-30-28(53-37(19-38,31(30)52-34(45)22(3)4)29-16-15-27-32(39)40-20-41-43(27)29)18-50-55(47,42-24(6)35(46)49-17-23(5)48-10)54-26-13-11-25(12-14-26)36(7,8)9/h11-16,20-24,28,30-31H,17-18H2,1-10H3,(H,42,47)(H2,39,40,41)/t23?,24-,28+,30+,31+,37-,55?/m0/s1. The van der Waals surface area contributed by atoms with Crippen LogP contribution in [-0.4, -0.2) is 83.3 Å². The molecule has 2 unspecified atom stereocenters. The molecule has 300 valence electrons. The van der Waals surface area contributed by atoms with E-state index in [0.717, 1.165) is 5.56 Å². The van der Waals surface area contributed by atoms with Crippen molar-refractivity contribution < 1.29 is 51.7 Å². The van der Waals surface area contributed by atoms with Gasteiger partial charge in [-0.3, -0.25) is 18.9 Å². The highest BCUT2D eigenvalue weighted by Crippen LogP contribution is 2.49. The van der Waals surface area contributed by atoms with Crippen LogP contribution in [0, 0.1) is 23.2 Å². The van der Waals surface area contributed by atoms with Crippen LogP contribution in [0.4, 0.5) is 5.82 Å². The van der Waals surface area contributed by atoms with Gasteiger partial charge in [-0.05, 0) is 49.1 Å². The lowest BCUT2D eigenvalue weighted by atomic mass is 9.87. The molecule has 0 radical (unpaired) electrons. The van der Waals surface area contributed by atoms with Gasteiger partial charge in [-0.2, -0.15) is 15.4 Å². The van der Waals surface area contributed by atoms with E-state index in [9.17, 15) is 24.2 Å². The molecule has 4 rings (SSSR count). The summed E-state index contributed by atoms with van der Waals surface area (Å²) >= 11 is 0. The lowest BCUT2D eigenvalue weighted by Gasteiger charge is -2.29. The Labute approximate surface area is 320 Å². The second kappa shape index (κ2) is 17.5. The molecule has 1 fully saturated rings. The number of methoxy groups -OCH3 is 1. The van der Waals surface area contributed by atoms with Crippen LogP contribution in [-0.2, 0) is 58.2 Å². The monoisotopic (exact) mass is 786 g/mol. The topological polar surface area (TPSA) is 225 Å². The van der Waals surface area contributed by atoms with Gasteiger partial charge in [0.1, 0.15) is 42.4 Å². The number of esters is 3. The van der Waals surface area contributed by atoms with Crippen molar-refractivity contribution in [2.45, 2.75) is 104 Å². The van der Waals surface area contributed by atoms with Gasteiger partial charge in [0.2, 0.25) is 5.60 Å². The number of hydrogen-bond donors (Lipinski definition) is 2. The number of nitrogen functional groups attached to an aromatic ring is 1. The number of rotatable bonds is 16. The number of nitrogens with one attached hydrogen (secondary N) is 1. The molecule has 7 atom stereocenters. The Kier molecular flexibility index (Phi) is 13.7. The maximum Gasteiger partial charge on any atom is 0.459 e. The molecule has 3 N–H and O–H groups in total. The first-order valence-electron chi connectivity index (χ1n) is 17.9. The Balaban J connectivity index is 1.78. The van der Waals surface area contributed by atoms with E-state index < -0.39 is 80.2 Å². The second-order valence-electron chi connectivity index (χ2n) is 14.9. The third kappa shape index (κ3) is 10.00. The Bertz CT molecular complexity index is 1920. The fourth-order valence-corrected chi connectivity index (χ4v) is 6.94. The predicted octanol–water partition coefficient (Wildman–Crippen LogP) is 4.62. The van der Waals surface area contributed by atoms with Crippen LogP contribution in [0.5, 0.6) is 5.75 Å². The fraction of sp³-hybridized carbons (Fsp3) is 0.568. The first-order chi connectivity index (χ1) is 25.7. The first-order valence-corrected chi connectivity index (χ1v) is 19.4. The Morgan fingerprint density at radius 1 is 1.02 bits per heavy atom. The predicted molar refractivity (Wildman–Crippen MR) is 198 cm³/mol. The molecule has 55 heavy (non-hydrogen) atoms. The molecule has 0 spiro atoms. The van der Waals surface area contributed by atoms with Crippen LogP contribution in [0.25, 0.3) is 5.52 Å². The molecule has 1 saturated heterocycles.